The molecule has 1 unspecified atom stereocenters. The molecular weight excluding hydrogens is 421 g/mol. The van der Waals surface area contributed by atoms with Crippen molar-refractivity contribution in [3.63, 3.8) is 0 Å². The lowest BCUT2D eigenvalue weighted by atomic mass is 9.97. The highest BCUT2D eigenvalue weighted by Gasteiger charge is 2.34. The predicted molar refractivity (Wildman–Crippen MR) is 126 cm³/mol. The van der Waals surface area contributed by atoms with E-state index in [1.54, 1.807) is 32.4 Å². The minimum Gasteiger partial charge on any atom is -0.497 e. The van der Waals surface area contributed by atoms with E-state index in [9.17, 15) is 9.18 Å². The number of halogens is 1. The lowest BCUT2D eigenvalue weighted by Crippen LogP contribution is -2.36. The lowest BCUT2D eigenvalue weighted by Gasteiger charge is -2.25. The van der Waals surface area contributed by atoms with Gasteiger partial charge in [-0.1, -0.05) is 30.3 Å². The molecule has 0 saturated carbocycles. The van der Waals surface area contributed by atoms with Crippen LogP contribution in [0, 0.1) is 5.82 Å². The smallest absolute Gasteiger partial charge is 0.262 e. The van der Waals surface area contributed by atoms with E-state index in [0.717, 1.165) is 22.5 Å². The van der Waals surface area contributed by atoms with Gasteiger partial charge in [-0.3, -0.25) is 4.79 Å². The highest BCUT2D eigenvalue weighted by atomic mass is 19.1. The van der Waals surface area contributed by atoms with Crippen molar-refractivity contribution in [1.82, 2.24) is 5.01 Å². The lowest BCUT2D eigenvalue weighted by molar-refractivity contribution is -0.131. The number of methoxy groups -OCH3 is 2. The molecule has 3 aromatic carbocycles. The molecular formula is C26H26FN3O3. The summed E-state index contributed by atoms with van der Waals surface area (Å²) in [6.45, 7) is 0.151. The third kappa shape index (κ3) is 4.82. The van der Waals surface area contributed by atoms with Gasteiger partial charge in [-0.15, -0.1) is 0 Å². The van der Waals surface area contributed by atoms with E-state index in [4.69, 9.17) is 14.6 Å². The molecule has 0 N–H and O–H groups in total. The van der Waals surface area contributed by atoms with Crippen LogP contribution < -0.4 is 14.4 Å². The summed E-state index contributed by atoms with van der Waals surface area (Å²) in [6.07, 6.45) is 0.481. The first kappa shape index (κ1) is 22.3. The molecule has 0 radical (unpaired) electrons. The Kier molecular flexibility index (Phi) is 6.58. The molecule has 1 amide bonds. The molecule has 6 nitrogen and oxygen atoms in total. The van der Waals surface area contributed by atoms with Gasteiger partial charge in [-0.25, -0.2) is 9.40 Å². The van der Waals surface area contributed by atoms with Crippen LogP contribution in [-0.2, 0) is 4.79 Å². The van der Waals surface area contributed by atoms with E-state index < -0.39 is 0 Å². The molecule has 0 spiro atoms. The Bertz CT molecular complexity index is 1150. The molecule has 3 aromatic rings. The van der Waals surface area contributed by atoms with Crippen molar-refractivity contribution in [2.24, 2.45) is 5.10 Å². The topological polar surface area (TPSA) is 54.4 Å². The summed E-state index contributed by atoms with van der Waals surface area (Å²) < 4.78 is 24.4. The molecule has 1 aliphatic heterocycles. The normalized spacial score (nSPS) is 15.2. The summed E-state index contributed by atoms with van der Waals surface area (Å²) in [7, 11) is 5.05. The molecule has 1 aliphatic rings. The van der Waals surface area contributed by atoms with Crippen LogP contribution in [0.25, 0.3) is 0 Å². The van der Waals surface area contributed by atoms with Crippen LogP contribution in [-0.4, -0.2) is 44.4 Å². The van der Waals surface area contributed by atoms with E-state index in [1.165, 1.54) is 17.1 Å². The largest absolute Gasteiger partial charge is 0.497 e. The molecule has 7 heteroatoms. The minimum absolute atomic E-state index is 0.151. The Balaban J connectivity index is 1.66. The summed E-state index contributed by atoms with van der Waals surface area (Å²) in [5.41, 5.74) is 3.26. The molecule has 1 atom stereocenters. The van der Waals surface area contributed by atoms with Crippen molar-refractivity contribution >= 4 is 17.3 Å². The SMILES string of the molecule is COc1ccc(C2=NN(C(=O)CN(C)c3ccccc3)C(c3ccc(F)cc3)C2)c(OC)c1. The number of amides is 1. The van der Waals surface area contributed by atoms with E-state index in [2.05, 4.69) is 0 Å². The fraction of sp³-hybridized carbons (Fsp3) is 0.231. The second-order valence-corrected chi connectivity index (χ2v) is 7.81. The summed E-state index contributed by atoms with van der Waals surface area (Å²) in [6, 6.07) is 21.1. The van der Waals surface area contributed by atoms with Gasteiger partial charge in [0.15, 0.2) is 0 Å². The van der Waals surface area contributed by atoms with Gasteiger partial charge < -0.3 is 14.4 Å². The van der Waals surface area contributed by atoms with Crippen LogP contribution in [0.15, 0.2) is 77.9 Å². The number of hydrogen-bond donors (Lipinski definition) is 0. The van der Waals surface area contributed by atoms with Gasteiger partial charge in [0.1, 0.15) is 17.3 Å². The molecule has 0 saturated heterocycles. The van der Waals surface area contributed by atoms with Crippen LogP contribution in [0.5, 0.6) is 11.5 Å². The number of rotatable bonds is 7. The molecule has 170 valence electrons. The summed E-state index contributed by atoms with van der Waals surface area (Å²) in [4.78, 5) is 15.2. The predicted octanol–water partition coefficient (Wildman–Crippen LogP) is 4.66. The Morgan fingerprint density at radius 1 is 1.06 bits per heavy atom. The average Bonchev–Trinajstić information content (AvgIpc) is 3.30. The summed E-state index contributed by atoms with van der Waals surface area (Å²) in [5.74, 6) is 0.804. The van der Waals surface area contributed by atoms with Gasteiger partial charge in [-0.2, -0.15) is 5.10 Å². The van der Waals surface area contributed by atoms with Gasteiger partial charge in [0, 0.05) is 30.8 Å². The van der Waals surface area contributed by atoms with Crippen LogP contribution in [0.3, 0.4) is 0 Å². The summed E-state index contributed by atoms with van der Waals surface area (Å²) >= 11 is 0. The van der Waals surface area contributed by atoms with E-state index >= 15 is 0 Å². The van der Waals surface area contributed by atoms with Gasteiger partial charge in [0.25, 0.3) is 5.91 Å². The highest BCUT2D eigenvalue weighted by Crippen LogP contribution is 2.36. The zero-order valence-electron chi connectivity index (χ0n) is 18.9. The van der Waals surface area contributed by atoms with Crippen LogP contribution >= 0.6 is 0 Å². The zero-order valence-corrected chi connectivity index (χ0v) is 18.9. The number of likely N-dealkylation sites (N-methyl/N-ethyl adjacent to an activating group) is 1. The molecule has 0 aromatic heterocycles. The first-order valence-electron chi connectivity index (χ1n) is 10.6. The van der Waals surface area contributed by atoms with Gasteiger partial charge >= 0.3 is 0 Å². The van der Waals surface area contributed by atoms with Crippen molar-refractivity contribution in [3.05, 3.63) is 89.7 Å². The second-order valence-electron chi connectivity index (χ2n) is 7.81. The standard InChI is InChI=1S/C26H26FN3O3/c1-29(20-7-5-4-6-8-20)17-26(31)30-24(18-9-11-19(27)12-10-18)16-23(28-30)22-14-13-21(32-2)15-25(22)33-3/h4-15,24H,16-17H2,1-3H3. The van der Waals surface area contributed by atoms with Gasteiger partial charge in [0.2, 0.25) is 0 Å². The van der Waals surface area contributed by atoms with Crippen LogP contribution in [0.4, 0.5) is 10.1 Å². The fourth-order valence-corrected chi connectivity index (χ4v) is 3.93. The Morgan fingerprint density at radius 2 is 1.79 bits per heavy atom. The third-order valence-corrected chi connectivity index (χ3v) is 5.71. The molecule has 1 heterocycles. The monoisotopic (exact) mass is 447 g/mol. The zero-order chi connectivity index (χ0) is 23.4. The first-order valence-corrected chi connectivity index (χ1v) is 10.6. The molecule has 0 fully saturated rings. The van der Waals surface area contributed by atoms with Crippen molar-refractivity contribution in [2.75, 3.05) is 32.7 Å². The van der Waals surface area contributed by atoms with E-state index in [1.807, 2.05) is 54.4 Å². The number of carbonyl (C=O) groups is 1. The maximum absolute atomic E-state index is 13.6. The van der Waals surface area contributed by atoms with Crippen LogP contribution in [0.1, 0.15) is 23.6 Å². The molecule has 4 rings (SSSR count). The Labute approximate surface area is 192 Å². The Morgan fingerprint density at radius 3 is 2.45 bits per heavy atom. The molecule has 0 aliphatic carbocycles. The number of carbonyl (C=O) groups excluding carboxylic acids is 1. The number of benzene rings is 3. The highest BCUT2D eigenvalue weighted by molar-refractivity contribution is 6.05. The third-order valence-electron chi connectivity index (χ3n) is 5.71. The minimum atomic E-state index is -0.343. The van der Waals surface area contributed by atoms with Crippen molar-refractivity contribution in [3.8, 4) is 11.5 Å². The number of hydrazone groups is 1. The Hall–Kier alpha value is -3.87. The maximum Gasteiger partial charge on any atom is 0.262 e. The van der Waals surface area contributed by atoms with Crippen LogP contribution in [0.2, 0.25) is 0 Å². The van der Waals surface area contributed by atoms with Gasteiger partial charge in [0.05, 0.1) is 32.5 Å². The average molecular weight is 448 g/mol. The number of ether oxygens (including phenoxy) is 2. The first-order chi connectivity index (χ1) is 16.0. The number of para-hydroxylation sites is 1. The number of hydrogen-bond acceptors (Lipinski definition) is 5. The van der Waals surface area contributed by atoms with Gasteiger partial charge in [-0.05, 0) is 42.0 Å². The summed E-state index contributed by atoms with van der Waals surface area (Å²) in [5, 5.41) is 6.21. The molecule has 33 heavy (non-hydrogen) atoms. The van der Waals surface area contributed by atoms with E-state index in [-0.39, 0.29) is 24.3 Å². The van der Waals surface area contributed by atoms with E-state index in [0.29, 0.717) is 17.9 Å². The number of anilines is 1. The van der Waals surface area contributed by atoms with Crippen molar-refractivity contribution in [1.29, 1.82) is 0 Å². The maximum atomic E-state index is 13.6. The fourth-order valence-electron chi connectivity index (χ4n) is 3.93. The second kappa shape index (κ2) is 9.73. The quantitative estimate of drug-likeness (QED) is 0.529. The molecule has 0 bridgehead atoms. The number of nitrogens with zero attached hydrogens (tertiary/aromatic N) is 3. The van der Waals surface area contributed by atoms with Crippen molar-refractivity contribution in [2.45, 2.75) is 12.5 Å². The van der Waals surface area contributed by atoms with Crippen molar-refractivity contribution < 1.29 is 18.7 Å².